The van der Waals surface area contributed by atoms with Crippen molar-refractivity contribution in [3.63, 3.8) is 0 Å². The number of benzene rings is 2. The summed E-state index contributed by atoms with van der Waals surface area (Å²) in [6, 6.07) is 16.7. The zero-order valence-corrected chi connectivity index (χ0v) is 14.3. The molecule has 0 radical (unpaired) electrons. The van der Waals surface area contributed by atoms with Crippen LogP contribution in [0.5, 0.6) is 11.5 Å². The molecule has 3 rings (SSSR count). The molecule has 0 aliphatic rings. The Hall–Kier alpha value is -3.21. The fourth-order valence-electron chi connectivity index (χ4n) is 3.04. The Morgan fingerprint density at radius 2 is 1.72 bits per heavy atom. The van der Waals surface area contributed by atoms with Crippen LogP contribution in [0.25, 0.3) is 16.9 Å². The molecule has 128 valence electrons. The number of carboxylic acid groups (broad SMARTS) is 1. The van der Waals surface area contributed by atoms with E-state index in [-0.39, 0.29) is 5.56 Å². The van der Waals surface area contributed by atoms with E-state index in [9.17, 15) is 9.90 Å². The van der Waals surface area contributed by atoms with Gasteiger partial charge in [0, 0.05) is 5.69 Å². The summed E-state index contributed by atoms with van der Waals surface area (Å²) in [4.78, 5) is 11.8. The monoisotopic (exact) mass is 337 g/mol. The molecule has 0 bridgehead atoms. The number of rotatable bonds is 5. The molecular weight excluding hydrogens is 318 g/mol. The highest BCUT2D eigenvalue weighted by atomic mass is 16.5. The van der Waals surface area contributed by atoms with Gasteiger partial charge in [0.1, 0.15) is 0 Å². The minimum absolute atomic E-state index is 0.244. The number of nitrogens with zero attached hydrogens (tertiary/aromatic N) is 1. The van der Waals surface area contributed by atoms with Crippen molar-refractivity contribution in [3.05, 3.63) is 65.9 Å². The van der Waals surface area contributed by atoms with Crippen molar-refractivity contribution in [1.29, 1.82) is 0 Å². The molecular formula is C20H19NO4. The number of ether oxygens (including phenoxy) is 2. The second kappa shape index (κ2) is 6.73. The fraction of sp³-hybridized carbons (Fsp3) is 0.150. The Kier molecular flexibility index (Phi) is 4.48. The first kappa shape index (κ1) is 16.6. The van der Waals surface area contributed by atoms with Gasteiger partial charge < -0.3 is 19.1 Å². The van der Waals surface area contributed by atoms with Gasteiger partial charge in [-0.3, -0.25) is 0 Å². The summed E-state index contributed by atoms with van der Waals surface area (Å²) in [5, 5.41) is 9.67. The van der Waals surface area contributed by atoms with Gasteiger partial charge in [-0.25, -0.2) is 4.79 Å². The highest BCUT2D eigenvalue weighted by Gasteiger charge is 2.23. The molecule has 1 N–H and O–H groups in total. The summed E-state index contributed by atoms with van der Waals surface area (Å²) in [5.41, 5.74) is 3.19. The largest absolute Gasteiger partial charge is 0.493 e. The molecule has 0 aliphatic carbocycles. The Morgan fingerprint density at radius 3 is 2.32 bits per heavy atom. The van der Waals surface area contributed by atoms with E-state index < -0.39 is 5.97 Å². The lowest BCUT2D eigenvalue weighted by Crippen LogP contribution is -2.05. The molecule has 0 spiro atoms. The van der Waals surface area contributed by atoms with Crippen molar-refractivity contribution in [3.8, 4) is 28.4 Å². The number of carboxylic acids is 1. The fourth-order valence-corrected chi connectivity index (χ4v) is 3.04. The summed E-state index contributed by atoms with van der Waals surface area (Å²) in [6.45, 7) is 1.87. The van der Waals surface area contributed by atoms with E-state index in [2.05, 4.69) is 0 Å². The van der Waals surface area contributed by atoms with Crippen molar-refractivity contribution < 1.29 is 19.4 Å². The second-order valence-electron chi connectivity index (χ2n) is 5.57. The minimum atomic E-state index is -0.970. The summed E-state index contributed by atoms with van der Waals surface area (Å²) in [7, 11) is 3.14. The first-order valence-corrected chi connectivity index (χ1v) is 7.81. The summed E-state index contributed by atoms with van der Waals surface area (Å²) in [5.74, 6) is 0.171. The highest BCUT2D eigenvalue weighted by molar-refractivity contribution is 5.96. The van der Waals surface area contributed by atoms with Crippen molar-refractivity contribution in [2.24, 2.45) is 0 Å². The quantitative estimate of drug-likeness (QED) is 0.759. The van der Waals surface area contributed by atoms with Crippen LogP contribution in [-0.4, -0.2) is 29.9 Å². The van der Waals surface area contributed by atoms with E-state index in [1.807, 2.05) is 60.0 Å². The van der Waals surface area contributed by atoms with Crippen molar-refractivity contribution in [1.82, 2.24) is 4.57 Å². The van der Waals surface area contributed by atoms with Gasteiger partial charge in [-0.2, -0.15) is 0 Å². The number of aryl methyl sites for hydroxylation is 1. The maximum absolute atomic E-state index is 11.8. The summed E-state index contributed by atoms with van der Waals surface area (Å²) >= 11 is 0. The number of methoxy groups -OCH3 is 2. The standard InChI is InChI=1S/C20H19NO4/c1-13-12-15(20(22)23)18(14-8-5-4-6-9-14)21(13)16-10-7-11-17(24-2)19(16)25-3/h4-12H,1-3H3,(H,22,23). The van der Waals surface area contributed by atoms with Crippen molar-refractivity contribution in [2.75, 3.05) is 14.2 Å². The van der Waals surface area contributed by atoms with Crippen LogP contribution in [-0.2, 0) is 0 Å². The number of aromatic nitrogens is 1. The summed E-state index contributed by atoms with van der Waals surface area (Å²) < 4.78 is 12.8. The molecule has 0 unspecified atom stereocenters. The molecule has 0 saturated heterocycles. The van der Waals surface area contributed by atoms with E-state index in [0.29, 0.717) is 17.2 Å². The molecule has 25 heavy (non-hydrogen) atoms. The van der Waals surface area contributed by atoms with Crippen LogP contribution in [0.2, 0.25) is 0 Å². The SMILES string of the molecule is COc1cccc(-n2c(C)cc(C(=O)O)c2-c2ccccc2)c1OC. The van der Waals surface area contributed by atoms with Crippen LogP contribution in [0.1, 0.15) is 16.1 Å². The van der Waals surface area contributed by atoms with Crippen LogP contribution >= 0.6 is 0 Å². The lowest BCUT2D eigenvalue weighted by atomic mass is 10.1. The Labute approximate surface area is 146 Å². The number of para-hydroxylation sites is 1. The van der Waals surface area contributed by atoms with Gasteiger partial charge in [0.05, 0.1) is 31.2 Å². The average Bonchev–Trinajstić information content (AvgIpc) is 2.99. The van der Waals surface area contributed by atoms with E-state index in [4.69, 9.17) is 9.47 Å². The van der Waals surface area contributed by atoms with Crippen molar-refractivity contribution >= 4 is 5.97 Å². The Balaban J connectivity index is 2.37. The van der Waals surface area contributed by atoms with Crippen molar-refractivity contribution in [2.45, 2.75) is 6.92 Å². The first-order valence-electron chi connectivity index (χ1n) is 7.81. The molecule has 0 atom stereocenters. The number of hydrogen-bond acceptors (Lipinski definition) is 3. The van der Waals surface area contributed by atoms with E-state index in [1.165, 1.54) is 0 Å². The minimum Gasteiger partial charge on any atom is -0.493 e. The smallest absolute Gasteiger partial charge is 0.337 e. The molecule has 3 aromatic rings. The molecule has 5 heteroatoms. The van der Waals surface area contributed by atoms with Gasteiger partial charge in [-0.1, -0.05) is 36.4 Å². The number of aromatic carboxylic acids is 1. The van der Waals surface area contributed by atoms with Gasteiger partial charge >= 0.3 is 5.97 Å². The molecule has 1 aromatic heterocycles. The molecule has 5 nitrogen and oxygen atoms in total. The predicted molar refractivity (Wildman–Crippen MR) is 96.0 cm³/mol. The van der Waals surface area contributed by atoms with Gasteiger partial charge in [0.2, 0.25) is 0 Å². The zero-order chi connectivity index (χ0) is 18.0. The topological polar surface area (TPSA) is 60.7 Å². The summed E-state index contributed by atoms with van der Waals surface area (Å²) in [6.07, 6.45) is 0. The molecule has 2 aromatic carbocycles. The third-order valence-electron chi connectivity index (χ3n) is 4.09. The second-order valence-corrected chi connectivity index (χ2v) is 5.57. The first-order chi connectivity index (χ1) is 12.1. The van der Waals surface area contributed by atoms with Gasteiger partial charge in [-0.05, 0) is 30.7 Å². The van der Waals surface area contributed by atoms with Gasteiger partial charge in [0.15, 0.2) is 11.5 Å². The van der Waals surface area contributed by atoms with Crippen LogP contribution in [0.3, 0.4) is 0 Å². The average molecular weight is 337 g/mol. The zero-order valence-electron chi connectivity index (χ0n) is 14.3. The normalized spacial score (nSPS) is 10.5. The van der Waals surface area contributed by atoms with E-state index in [0.717, 1.165) is 16.9 Å². The Bertz CT molecular complexity index is 913. The van der Waals surface area contributed by atoms with Gasteiger partial charge in [0.25, 0.3) is 0 Å². The van der Waals surface area contributed by atoms with Gasteiger partial charge in [-0.15, -0.1) is 0 Å². The van der Waals surface area contributed by atoms with Crippen LogP contribution in [0.15, 0.2) is 54.6 Å². The third-order valence-corrected chi connectivity index (χ3v) is 4.09. The molecule has 0 saturated carbocycles. The molecule has 0 amide bonds. The number of hydrogen-bond donors (Lipinski definition) is 1. The Morgan fingerprint density at radius 1 is 1.00 bits per heavy atom. The molecule has 1 heterocycles. The van der Waals surface area contributed by atoms with Crippen LogP contribution in [0, 0.1) is 6.92 Å². The van der Waals surface area contributed by atoms with E-state index in [1.54, 1.807) is 20.3 Å². The molecule has 0 aliphatic heterocycles. The highest BCUT2D eigenvalue weighted by Crippen LogP contribution is 2.38. The van der Waals surface area contributed by atoms with Crippen LogP contribution in [0.4, 0.5) is 0 Å². The maximum Gasteiger partial charge on any atom is 0.337 e. The third kappa shape index (κ3) is 2.85. The van der Waals surface area contributed by atoms with E-state index >= 15 is 0 Å². The molecule has 0 fully saturated rings. The number of carbonyl (C=O) groups is 1. The lowest BCUT2D eigenvalue weighted by Gasteiger charge is -2.18. The van der Waals surface area contributed by atoms with Crippen LogP contribution < -0.4 is 9.47 Å². The maximum atomic E-state index is 11.8. The lowest BCUT2D eigenvalue weighted by molar-refractivity contribution is 0.0698. The predicted octanol–water partition coefficient (Wildman–Crippen LogP) is 4.17.